The fraction of sp³-hybridized carbons (Fsp3) is 0.167. The zero-order valence-electron chi connectivity index (χ0n) is 15.5. The van der Waals surface area contributed by atoms with E-state index < -0.39 is 10.8 Å². The number of ether oxygens (including phenoxy) is 1. The van der Waals surface area contributed by atoms with E-state index in [1.165, 1.54) is 30.0 Å². The molecule has 2 aromatic carbocycles. The van der Waals surface area contributed by atoms with Crippen molar-refractivity contribution in [2.45, 2.75) is 5.16 Å². The van der Waals surface area contributed by atoms with Gasteiger partial charge in [0.25, 0.3) is 5.69 Å². The third kappa shape index (κ3) is 4.84. The minimum atomic E-state index is -0.580. The molecule has 1 aromatic heterocycles. The monoisotopic (exact) mass is 433 g/mol. The van der Waals surface area contributed by atoms with E-state index in [1.54, 1.807) is 18.7 Å². The molecule has 1 amide bonds. The van der Waals surface area contributed by atoms with Crippen LogP contribution in [0.4, 0.5) is 11.4 Å². The van der Waals surface area contributed by atoms with E-state index in [1.807, 2.05) is 24.3 Å². The van der Waals surface area contributed by atoms with E-state index in [-0.39, 0.29) is 22.2 Å². The molecule has 3 rings (SSSR count). The maximum atomic E-state index is 12.3. The smallest absolute Gasteiger partial charge is 0.292 e. The Morgan fingerprint density at radius 1 is 1.28 bits per heavy atom. The van der Waals surface area contributed by atoms with Crippen LogP contribution in [-0.2, 0) is 11.8 Å². The second-order valence-electron chi connectivity index (χ2n) is 5.85. The van der Waals surface area contributed by atoms with Crippen LogP contribution >= 0.6 is 23.4 Å². The van der Waals surface area contributed by atoms with Crippen molar-refractivity contribution in [2.75, 3.05) is 18.2 Å². The maximum Gasteiger partial charge on any atom is 0.292 e. The highest BCUT2D eigenvalue weighted by Gasteiger charge is 2.18. The number of nitrogens with one attached hydrogen (secondary N) is 1. The summed E-state index contributed by atoms with van der Waals surface area (Å²) < 4.78 is 6.91. The first-order valence-electron chi connectivity index (χ1n) is 8.29. The third-order valence-electron chi connectivity index (χ3n) is 3.94. The lowest BCUT2D eigenvalue weighted by Gasteiger charge is -2.07. The van der Waals surface area contributed by atoms with Crippen LogP contribution in [0.3, 0.4) is 0 Å². The number of hydrogen-bond acceptors (Lipinski definition) is 7. The number of thioether (sulfide) groups is 1. The Balaban J connectivity index is 1.68. The lowest BCUT2D eigenvalue weighted by Crippen LogP contribution is -2.15. The van der Waals surface area contributed by atoms with Crippen LogP contribution in [0, 0.1) is 10.1 Å². The quantitative estimate of drug-likeness (QED) is 0.342. The van der Waals surface area contributed by atoms with E-state index in [0.717, 1.165) is 11.3 Å². The molecule has 1 N–H and O–H groups in total. The molecule has 11 heteroatoms. The van der Waals surface area contributed by atoms with Gasteiger partial charge in [-0.25, -0.2) is 0 Å². The summed E-state index contributed by atoms with van der Waals surface area (Å²) >= 11 is 7.04. The van der Waals surface area contributed by atoms with Gasteiger partial charge in [0, 0.05) is 23.7 Å². The van der Waals surface area contributed by atoms with Gasteiger partial charge in [0.2, 0.25) is 5.91 Å². The molecular formula is C18H16ClN5O4S. The van der Waals surface area contributed by atoms with Crippen LogP contribution in [-0.4, -0.2) is 38.5 Å². The Kier molecular flexibility index (Phi) is 6.35. The van der Waals surface area contributed by atoms with Crippen molar-refractivity contribution in [1.82, 2.24) is 14.8 Å². The van der Waals surface area contributed by atoms with Crippen LogP contribution in [0.5, 0.6) is 5.75 Å². The topological polar surface area (TPSA) is 112 Å². The van der Waals surface area contributed by atoms with Gasteiger partial charge in [0.1, 0.15) is 11.4 Å². The van der Waals surface area contributed by atoms with Crippen molar-refractivity contribution in [1.29, 1.82) is 0 Å². The number of aromatic nitrogens is 3. The predicted molar refractivity (Wildman–Crippen MR) is 110 cm³/mol. The summed E-state index contributed by atoms with van der Waals surface area (Å²) in [6.07, 6.45) is 0. The van der Waals surface area contributed by atoms with Gasteiger partial charge in [-0.3, -0.25) is 14.9 Å². The molecule has 9 nitrogen and oxygen atoms in total. The van der Waals surface area contributed by atoms with E-state index in [4.69, 9.17) is 16.3 Å². The van der Waals surface area contributed by atoms with Crippen molar-refractivity contribution >= 4 is 40.6 Å². The predicted octanol–water partition coefficient (Wildman–Crippen LogP) is 3.78. The zero-order valence-corrected chi connectivity index (χ0v) is 17.0. The van der Waals surface area contributed by atoms with E-state index in [2.05, 4.69) is 15.5 Å². The Bertz CT molecular complexity index is 1050. The lowest BCUT2D eigenvalue weighted by atomic mass is 10.2. The number of halogens is 1. The number of methoxy groups -OCH3 is 1. The second-order valence-corrected chi connectivity index (χ2v) is 7.23. The summed E-state index contributed by atoms with van der Waals surface area (Å²) in [5.41, 5.74) is 0.671. The van der Waals surface area contributed by atoms with Gasteiger partial charge in [-0.1, -0.05) is 23.4 Å². The SMILES string of the molecule is COc1ccc(-c2nnc(SCC(=O)Nc3cc(Cl)ccc3[N+](=O)[O-])n2C)cc1. The Labute approximate surface area is 175 Å². The molecule has 0 unspecified atom stereocenters. The molecule has 0 aliphatic rings. The number of anilines is 1. The summed E-state index contributed by atoms with van der Waals surface area (Å²) in [5.74, 6) is 0.950. The number of nitro benzene ring substituents is 1. The minimum Gasteiger partial charge on any atom is -0.497 e. The maximum absolute atomic E-state index is 12.3. The molecule has 0 bridgehead atoms. The summed E-state index contributed by atoms with van der Waals surface area (Å²) in [4.78, 5) is 22.8. The Morgan fingerprint density at radius 2 is 2.00 bits per heavy atom. The Hall–Kier alpha value is -3.11. The standard InChI is InChI=1S/C18H16ClN5O4S/c1-23-17(11-3-6-13(28-2)7-4-11)21-22-18(23)29-10-16(25)20-14-9-12(19)5-8-15(14)24(26)27/h3-9H,10H2,1-2H3,(H,20,25). The van der Waals surface area contributed by atoms with Crippen molar-refractivity contribution in [2.24, 2.45) is 7.05 Å². The first-order chi connectivity index (χ1) is 13.9. The van der Waals surface area contributed by atoms with Gasteiger partial charge < -0.3 is 14.6 Å². The van der Waals surface area contributed by atoms with E-state index >= 15 is 0 Å². The van der Waals surface area contributed by atoms with Gasteiger partial charge in [0.05, 0.1) is 17.8 Å². The summed E-state index contributed by atoms with van der Waals surface area (Å²) in [7, 11) is 3.39. The third-order valence-corrected chi connectivity index (χ3v) is 5.20. The second kappa shape index (κ2) is 8.93. The van der Waals surface area contributed by atoms with Crippen molar-refractivity contribution in [3.8, 4) is 17.1 Å². The van der Waals surface area contributed by atoms with Gasteiger partial charge in [-0.2, -0.15) is 0 Å². The van der Waals surface area contributed by atoms with Crippen LogP contribution in [0.25, 0.3) is 11.4 Å². The normalized spacial score (nSPS) is 10.6. The molecule has 1 heterocycles. The molecule has 29 heavy (non-hydrogen) atoms. The van der Waals surface area contributed by atoms with Crippen LogP contribution in [0.1, 0.15) is 0 Å². The number of amides is 1. The van der Waals surface area contributed by atoms with Crippen LogP contribution in [0.15, 0.2) is 47.6 Å². The molecule has 0 spiro atoms. The Morgan fingerprint density at radius 3 is 2.66 bits per heavy atom. The fourth-order valence-corrected chi connectivity index (χ4v) is 3.40. The van der Waals surface area contributed by atoms with Gasteiger partial charge in [-0.05, 0) is 36.4 Å². The minimum absolute atomic E-state index is 0.00173. The number of benzene rings is 2. The van der Waals surface area contributed by atoms with Gasteiger partial charge >= 0.3 is 0 Å². The summed E-state index contributed by atoms with van der Waals surface area (Å²) in [6, 6.07) is 11.3. The molecule has 0 fully saturated rings. The van der Waals surface area contributed by atoms with Gasteiger partial charge in [-0.15, -0.1) is 10.2 Å². The molecule has 0 atom stereocenters. The molecule has 0 saturated heterocycles. The van der Waals surface area contributed by atoms with Crippen molar-refractivity contribution < 1.29 is 14.5 Å². The number of carbonyl (C=O) groups is 1. The number of nitrogens with zero attached hydrogens (tertiary/aromatic N) is 4. The number of rotatable bonds is 7. The van der Waals surface area contributed by atoms with Crippen LogP contribution < -0.4 is 10.1 Å². The first-order valence-corrected chi connectivity index (χ1v) is 9.66. The van der Waals surface area contributed by atoms with E-state index in [9.17, 15) is 14.9 Å². The average Bonchev–Trinajstić information content (AvgIpc) is 3.06. The molecule has 150 valence electrons. The van der Waals surface area contributed by atoms with Crippen LogP contribution in [0.2, 0.25) is 5.02 Å². The lowest BCUT2D eigenvalue weighted by molar-refractivity contribution is -0.383. The highest BCUT2D eigenvalue weighted by Crippen LogP contribution is 2.28. The fourth-order valence-electron chi connectivity index (χ4n) is 2.52. The largest absolute Gasteiger partial charge is 0.497 e. The number of nitro groups is 1. The highest BCUT2D eigenvalue weighted by atomic mass is 35.5. The molecule has 3 aromatic rings. The number of carbonyl (C=O) groups excluding carboxylic acids is 1. The zero-order chi connectivity index (χ0) is 21.0. The molecule has 0 aliphatic heterocycles. The summed E-state index contributed by atoms with van der Waals surface area (Å²) in [6.45, 7) is 0. The molecular weight excluding hydrogens is 418 g/mol. The molecule has 0 saturated carbocycles. The molecule has 0 aliphatic carbocycles. The average molecular weight is 434 g/mol. The first kappa shape index (κ1) is 20.6. The molecule has 0 radical (unpaired) electrons. The van der Waals surface area contributed by atoms with Crippen molar-refractivity contribution in [3.05, 3.63) is 57.6 Å². The van der Waals surface area contributed by atoms with Gasteiger partial charge in [0.15, 0.2) is 11.0 Å². The summed E-state index contributed by atoms with van der Waals surface area (Å²) in [5, 5.41) is 22.7. The highest BCUT2D eigenvalue weighted by molar-refractivity contribution is 7.99. The number of hydrogen-bond donors (Lipinski definition) is 1. The van der Waals surface area contributed by atoms with Crippen molar-refractivity contribution in [3.63, 3.8) is 0 Å². The van der Waals surface area contributed by atoms with E-state index in [0.29, 0.717) is 11.0 Å².